The first-order valence-electron chi connectivity index (χ1n) is 5.87. The van der Waals surface area contributed by atoms with Crippen molar-refractivity contribution in [3.05, 3.63) is 4.60 Å². The van der Waals surface area contributed by atoms with E-state index in [0.717, 1.165) is 0 Å². The lowest BCUT2D eigenvalue weighted by Crippen LogP contribution is -2.45. The maximum absolute atomic E-state index is 12.4. The van der Waals surface area contributed by atoms with Crippen LogP contribution in [-0.4, -0.2) is 55.0 Å². The number of likely N-dealkylation sites (N-methyl/N-ethyl adjacent to an activating group) is 1. The Bertz CT molecular complexity index is 507. The summed E-state index contributed by atoms with van der Waals surface area (Å²) in [5.41, 5.74) is 0. The Morgan fingerprint density at radius 3 is 2.37 bits per heavy atom. The van der Waals surface area contributed by atoms with Crippen LogP contribution in [0.4, 0.5) is 0 Å². The molecule has 1 atom stereocenters. The number of nitrogens with one attached hydrogen (secondary N) is 1. The second kappa shape index (κ2) is 6.29. The van der Waals surface area contributed by atoms with Crippen LogP contribution in [0.25, 0.3) is 0 Å². The van der Waals surface area contributed by atoms with Crippen molar-refractivity contribution >= 4 is 26.0 Å². The number of halogens is 1. The van der Waals surface area contributed by atoms with E-state index < -0.39 is 10.0 Å². The maximum atomic E-state index is 12.4. The molecule has 1 N–H and O–H groups in total. The van der Waals surface area contributed by atoms with Crippen molar-refractivity contribution < 1.29 is 8.42 Å². The minimum atomic E-state index is -3.65. The molecule has 19 heavy (non-hydrogen) atoms. The first-order valence-corrected chi connectivity index (χ1v) is 8.15. The highest BCUT2D eigenvalue weighted by Gasteiger charge is 2.28. The van der Waals surface area contributed by atoms with E-state index in [9.17, 15) is 8.42 Å². The molecule has 1 aromatic heterocycles. The summed E-state index contributed by atoms with van der Waals surface area (Å²) in [4.78, 5) is 1.95. The number of nitrogens with zero attached hydrogens (tertiary/aromatic N) is 4. The fraction of sp³-hybridized carbons (Fsp3) is 0.800. The monoisotopic (exact) mass is 353 g/mol. The summed E-state index contributed by atoms with van der Waals surface area (Å²) in [5, 5.41) is 7.42. The molecule has 0 spiro atoms. The van der Waals surface area contributed by atoms with Gasteiger partial charge in [-0.15, -0.1) is 5.10 Å². The Kier molecular flexibility index (Phi) is 5.48. The van der Waals surface area contributed by atoms with Crippen molar-refractivity contribution in [2.45, 2.75) is 24.9 Å². The molecule has 7 nitrogen and oxygen atoms in total. The second-order valence-electron chi connectivity index (χ2n) is 5.04. The SMILES string of the molecule is CC(C)C(CN(C)C)NS(=O)(=O)c1c(Br)nnn1C. The van der Waals surface area contributed by atoms with Crippen molar-refractivity contribution in [2.24, 2.45) is 13.0 Å². The van der Waals surface area contributed by atoms with Crippen LogP contribution in [0.15, 0.2) is 9.63 Å². The predicted octanol–water partition coefficient (Wildman–Crippen LogP) is 0.442. The average Bonchev–Trinajstić information content (AvgIpc) is 2.56. The average molecular weight is 354 g/mol. The lowest BCUT2D eigenvalue weighted by Gasteiger charge is -2.25. The Labute approximate surface area is 122 Å². The van der Waals surface area contributed by atoms with Crippen LogP contribution in [0.3, 0.4) is 0 Å². The quantitative estimate of drug-likeness (QED) is 0.802. The minimum Gasteiger partial charge on any atom is -0.308 e. The summed E-state index contributed by atoms with van der Waals surface area (Å²) < 4.78 is 28.9. The van der Waals surface area contributed by atoms with E-state index in [4.69, 9.17) is 0 Å². The third kappa shape index (κ3) is 4.23. The second-order valence-corrected chi connectivity index (χ2v) is 7.42. The van der Waals surface area contributed by atoms with Crippen LogP contribution in [0.1, 0.15) is 13.8 Å². The van der Waals surface area contributed by atoms with E-state index in [-0.39, 0.29) is 21.6 Å². The molecule has 0 aliphatic heterocycles. The number of rotatable bonds is 6. The first-order chi connectivity index (χ1) is 8.65. The molecule has 110 valence electrons. The van der Waals surface area contributed by atoms with Gasteiger partial charge >= 0.3 is 0 Å². The van der Waals surface area contributed by atoms with Gasteiger partial charge in [-0.2, -0.15) is 0 Å². The van der Waals surface area contributed by atoms with Gasteiger partial charge in [0.1, 0.15) is 0 Å². The zero-order chi connectivity index (χ0) is 14.8. The van der Waals surface area contributed by atoms with Gasteiger partial charge < -0.3 is 4.90 Å². The molecule has 1 unspecified atom stereocenters. The summed E-state index contributed by atoms with van der Waals surface area (Å²) in [6, 6.07) is -0.179. The Balaban J connectivity index is 3.01. The third-order valence-corrected chi connectivity index (χ3v) is 5.04. The van der Waals surface area contributed by atoms with Crippen LogP contribution < -0.4 is 4.72 Å². The molecule has 0 amide bonds. The Hall–Kier alpha value is -0.510. The van der Waals surface area contributed by atoms with Crippen molar-refractivity contribution in [3.63, 3.8) is 0 Å². The van der Waals surface area contributed by atoms with Crippen molar-refractivity contribution in [3.8, 4) is 0 Å². The molecule has 9 heteroatoms. The topological polar surface area (TPSA) is 80.1 Å². The fourth-order valence-corrected chi connectivity index (χ4v) is 4.11. The molecular formula is C10H20BrN5O2S. The smallest absolute Gasteiger partial charge is 0.260 e. The van der Waals surface area contributed by atoms with Crippen LogP contribution in [0.5, 0.6) is 0 Å². The van der Waals surface area contributed by atoms with Gasteiger partial charge in [-0.25, -0.2) is 17.8 Å². The highest BCUT2D eigenvalue weighted by Crippen LogP contribution is 2.19. The maximum Gasteiger partial charge on any atom is 0.260 e. The zero-order valence-electron chi connectivity index (χ0n) is 11.8. The first kappa shape index (κ1) is 16.5. The summed E-state index contributed by atoms with van der Waals surface area (Å²) in [5.74, 6) is 0.178. The summed E-state index contributed by atoms with van der Waals surface area (Å²) in [6.45, 7) is 4.58. The van der Waals surface area contributed by atoms with Gasteiger partial charge in [0.15, 0.2) is 4.60 Å². The van der Waals surface area contributed by atoms with E-state index in [1.807, 2.05) is 32.8 Å². The number of aryl methyl sites for hydroxylation is 1. The summed E-state index contributed by atoms with van der Waals surface area (Å²) in [6.07, 6.45) is 0. The molecule has 0 aliphatic carbocycles. The molecule has 1 rings (SSSR count). The van der Waals surface area contributed by atoms with Crippen molar-refractivity contribution in [1.82, 2.24) is 24.6 Å². The van der Waals surface area contributed by atoms with E-state index >= 15 is 0 Å². The van der Waals surface area contributed by atoms with Gasteiger partial charge in [0, 0.05) is 19.6 Å². The Morgan fingerprint density at radius 1 is 1.42 bits per heavy atom. The van der Waals surface area contributed by atoms with Crippen LogP contribution in [0.2, 0.25) is 0 Å². The molecule has 0 fully saturated rings. The lowest BCUT2D eigenvalue weighted by molar-refractivity contribution is 0.314. The van der Waals surface area contributed by atoms with Crippen molar-refractivity contribution in [1.29, 1.82) is 0 Å². The summed E-state index contributed by atoms with van der Waals surface area (Å²) in [7, 11) is 1.71. The molecule has 1 aromatic rings. The van der Waals surface area contributed by atoms with E-state index in [2.05, 4.69) is 31.0 Å². The minimum absolute atomic E-state index is 0.0388. The van der Waals surface area contributed by atoms with Gasteiger partial charge in [0.05, 0.1) is 0 Å². The van der Waals surface area contributed by atoms with Gasteiger partial charge in [-0.1, -0.05) is 19.1 Å². The number of sulfonamides is 1. The van der Waals surface area contributed by atoms with Crippen molar-refractivity contribution in [2.75, 3.05) is 20.6 Å². The lowest BCUT2D eigenvalue weighted by atomic mass is 10.1. The largest absolute Gasteiger partial charge is 0.308 e. The predicted molar refractivity (Wildman–Crippen MR) is 76.2 cm³/mol. The standard InChI is InChI=1S/C10H20BrN5O2S/c1-7(2)8(6-15(3)4)13-19(17,18)10-9(11)12-14-16(10)5/h7-8,13H,6H2,1-5H3. The van der Waals surface area contributed by atoms with E-state index in [1.54, 1.807) is 7.05 Å². The fourth-order valence-electron chi connectivity index (χ4n) is 1.64. The molecule has 0 saturated carbocycles. The molecule has 1 heterocycles. The van der Waals surface area contributed by atoms with Gasteiger partial charge in [0.25, 0.3) is 10.0 Å². The number of hydrogen-bond acceptors (Lipinski definition) is 5. The summed E-state index contributed by atoms with van der Waals surface area (Å²) >= 11 is 3.11. The number of hydrogen-bond donors (Lipinski definition) is 1. The molecular weight excluding hydrogens is 334 g/mol. The molecule has 0 radical (unpaired) electrons. The van der Waals surface area contributed by atoms with Crippen LogP contribution in [-0.2, 0) is 17.1 Å². The third-order valence-electron chi connectivity index (χ3n) is 2.66. The molecule has 0 saturated heterocycles. The number of aromatic nitrogens is 3. The highest BCUT2D eigenvalue weighted by molar-refractivity contribution is 9.10. The van der Waals surface area contributed by atoms with Crippen LogP contribution >= 0.6 is 15.9 Å². The van der Waals surface area contributed by atoms with Gasteiger partial charge in [-0.3, -0.25) is 0 Å². The molecule has 0 bridgehead atoms. The van der Waals surface area contributed by atoms with E-state index in [0.29, 0.717) is 6.54 Å². The van der Waals surface area contributed by atoms with Gasteiger partial charge in [-0.05, 0) is 35.9 Å². The highest BCUT2D eigenvalue weighted by atomic mass is 79.9. The zero-order valence-corrected chi connectivity index (χ0v) is 14.2. The van der Waals surface area contributed by atoms with Crippen LogP contribution in [0, 0.1) is 5.92 Å². The molecule has 0 aromatic carbocycles. The normalized spacial score (nSPS) is 14.3. The molecule has 0 aliphatic rings. The van der Waals surface area contributed by atoms with Gasteiger partial charge in [0.2, 0.25) is 5.03 Å². The van der Waals surface area contributed by atoms with E-state index in [1.165, 1.54) is 4.68 Å². The Morgan fingerprint density at radius 2 is 2.00 bits per heavy atom.